The highest BCUT2D eigenvalue weighted by atomic mass is 32.1. The zero-order valence-electron chi connectivity index (χ0n) is 18.2. The maximum Gasteiger partial charge on any atom is 0.273 e. The fourth-order valence-corrected chi connectivity index (χ4v) is 4.45. The van der Waals surface area contributed by atoms with Crippen molar-refractivity contribution in [1.29, 1.82) is 0 Å². The first-order valence-corrected chi connectivity index (χ1v) is 11.4. The molecule has 1 amide bonds. The normalized spacial score (nSPS) is 15.8. The van der Waals surface area contributed by atoms with Crippen LogP contribution in [0.15, 0.2) is 41.8 Å². The van der Waals surface area contributed by atoms with Crippen molar-refractivity contribution in [2.75, 3.05) is 32.6 Å². The fraction of sp³-hybridized carbons (Fsp3) is 0.391. The third-order valence-corrected chi connectivity index (χ3v) is 6.18. The number of thiazole rings is 1. The molecule has 1 fully saturated rings. The molecule has 31 heavy (non-hydrogen) atoms. The molecule has 162 valence electrons. The van der Waals surface area contributed by atoms with E-state index in [9.17, 15) is 4.79 Å². The fourth-order valence-electron chi connectivity index (χ4n) is 3.65. The lowest BCUT2D eigenvalue weighted by Gasteiger charge is -2.20. The molecule has 2 aromatic heterocycles. The lowest BCUT2D eigenvalue weighted by Crippen LogP contribution is -2.28. The molecule has 1 N–H and O–H groups in total. The SMILES string of the molecule is CN(Cc1cc(N(C)C)nc([C@@H]2CCCN2)n1)C(=O)c1csc(Cc2ccccc2)n1. The van der Waals surface area contributed by atoms with Crippen LogP contribution in [0.25, 0.3) is 0 Å². The van der Waals surface area contributed by atoms with E-state index in [2.05, 4.69) is 22.4 Å². The molecule has 1 atom stereocenters. The highest BCUT2D eigenvalue weighted by Gasteiger charge is 2.22. The lowest BCUT2D eigenvalue weighted by molar-refractivity contribution is 0.0778. The Hall–Kier alpha value is -2.84. The van der Waals surface area contributed by atoms with Crippen molar-refractivity contribution >= 4 is 23.1 Å². The number of aromatic nitrogens is 3. The van der Waals surface area contributed by atoms with Gasteiger partial charge in [-0.25, -0.2) is 15.0 Å². The van der Waals surface area contributed by atoms with Crippen LogP contribution in [0.2, 0.25) is 0 Å². The van der Waals surface area contributed by atoms with E-state index in [1.54, 1.807) is 11.9 Å². The molecule has 8 heteroatoms. The number of hydrogen-bond donors (Lipinski definition) is 1. The molecule has 4 rings (SSSR count). The topological polar surface area (TPSA) is 74.2 Å². The number of carbonyl (C=O) groups excluding carboxylic acids is 1. The molecule has 1 aliphatic rings. The average molecular weight is 437 g/mol. The molecule has 1 saturated heterocycles. The predicted molar refractivity (Wildman–Crippen MR) is 123 cm³/mol. The monoisotopic (exact) mass is 436 g/mol. The first-order valence-electron chi connectivity index (χ1n) is 10.5. The van der Waals surface area contributed by atoms with Crippen molar-refractivity contribution in [2.24, 2.45) is 0 Å². The molecular weight excluding hydrogens is 408 g/mol. The number of amides is 1. The number of nitrogens with one attached hydrogen (secondary N) is 1. The highest BCUT2D eigenvalue weighted by Crippen LogP contribution is 2.23. The van der Waals surface area contributed by atoms with Gasteiger partial charge in [0.1, 0.15) is 17.3 Å². The van der Waals surface area contributed by atoms with Gasteiger partial charge in [0.2, 0.25) is 0 Å². The molecule has 3 heterocycles. The van der Waals surface area contributed by atoms with Gasteiger partial charge in [-0.05, 0) is 24.9 Å². The maximum atomic E-state index is 13.0. The summed E-state index contributed by atoms with van der Waals surface area (Å²) in [7, 11) is 5.73. The molecule has 1 aliphatic heterocycles. The van der Waals surface area contributed by atoms with Crippen LogP contribution in [0.1, 0.15) is 51.5 Å². The van der Waals surface area contributed by atoms with E-state index < -0.39 is 0 Å². The van der Waals surface area contributed by atoms with Crippen molar-refractivity contribution in [1.82, 2.24) is 25.2 Å². The van der Waals surface area contributed by atoms with E-state index in [0.29, 0.717) is 12.2 Å². The van der Waals surface area contributed by atoms with Crippen LogP contribution < -0.4 is 10.2 Å². The van der Waals surface area contributed by atoms with Crippen LogP contribution in [0, 0.1) is 0 Å². The molecule has 0 bridgehead atoms. The van der Waals surface area contributed by atoms with Crippen molar-refractivity contribution in [3.63, 3.8) is 0 Å². The van der Waals surface area contributed by atoms with Gasteiger partial charge in [-0.15, -0.1) is 11.3 Å². The molecule has 0 spiro atoms. The minimum atomic E-state index is -0.0962. The Morgan fingerprint density at radius 1 is 1.16 bits per heavy atom. The van der Waals surface area contributed by atoms with E-state index in [1.807, 2.05) is 48.6 Å². The Labute approximate surface area is 187 Å². The third-order valence-electron chi connectivity index (χ3n) is 5.33. The summed E-state index contributed by atoms with van der Waals surface area (Å²) in [6.45, 7) is 1.40. The van der Waals surface area contributed by atoms with Gasteiger partial charge in [0.05, 0.1) is 23.3 Å². The second-order valence-electron chi connectivity index (χ2n) is 8.07. The third kappa shape index (κ3) is 5.26. The predicted octanol–water partition coefficient (Wildman–Crippen LogP) is 3.29. The summed E-state index contributed by atoms with van der Waals surface area (Å²) < 4.78 is 0. The van der Waals surface area contributed by atoms with Crippen LogP contribution in [0.5, 0.6) is 0 Å². The standard InChI is InChI=1S/C23H28N6OS/c1-28(2)20-13-17(25-22(27-20)18-10-7-11-24-18)14-29(3)23(30)19-15-31-21(26-19)12-16-8-5-4-6-9-16/h4-6,8-9,13,15,18,24H,7,10-12,14H2,1-3H3/t18-/m0/s1. The quantitative estimate of drug-likeness (QED) is 0.613. The molecule has 7 nitrogen and oxygen atoms in total. The molecule has 0 radical (unpaired) electrons. The summed E-state index contributed by atoms with van der Waals surface area (Å²) >= 11 is 1.52. The number of carbonyl (C=O) groups is 1. The summed E-state index contributed by atoms with van der Waals surface area (Å²) in [6.07, 6.45) is 2.90. The van der Waals surface area contributed by atoms with Crippen LogP contribution in [-0.2, 0) is 13.0 Å². The Bertz CT molecular complexity index is 1030. The van der Waals surface area contributed by atoms with E-state index in [4.69, 9.17) is 9.97 Å². The van der Waals surface area contributed by atoms with Gasteiger partial charge < -0.3 is 15.1 Å². The number of nitrogens with zero attached hydrogens (tertiary/aromatic N) is 5. The second-order valence-corrected chi connectivity index (χ2v) is 9.01. The van der Waals surface area contributed by atoms with Crippen molar-refractivity contribution in [3.05, 3.63) is 69.6 Å². The van der Waals surface area contributed by atoms with Crippen LogP contribution in [-0.4, -0.2) is 53.4 Å². The molecular formula is C23H28N6OS. The molecule has 0 aliphatic carbocycles. The first-order chi connectivity index (χ1) is 15.0. The van der Waals surface area contributed by atoms with Gasteiger partial charge in [0, 0.05) is 39.0 Å². The van der Waals surface area contributed by atoms with Crippen molar-refractivity contribution in [3.8, 4) is 0 Å². The van der Waals surface area contributed by atoms with Crippen LogP contribution in [0.3, 0.4) is 0 Å². The average Bonchev–Trinajstić information content (AvgIpc) is 3.46. The van der Waals surface area contributed by atoms with Crippen molar-refractivity contribution in [2.45, 2.75) is 31.8 Å². The summed E-state index contributed by atoms with van der Waals surface area (Å²) in [5.41, 5.74) is 2.51. The molecule has 0 saturated carbocycles. The second kappa shape index (κ2) is 9.53. The van der Waals surface area contributed by atoms with Gasteiger partial charge in [-0.1, -0.05) is 30.3 Å². The summed E-state index contributed by atoms with van der Waals surface area (Å²) in [5.74, 6) is 1.56. The van der Waals surface area contributed by atoms with Crippen molar-refractivity contribution < 1.29 is 4.79 Å². The first kappa shape index (κ1) is 21.4. The Morgan fingerprint density at radius 3 is 2.68 bits per heavy atom. The minimum absolute atomic E-state index is 0.0962. The Kier molecular flexibility index (Phi) is 6.58. The zero-order valence-corrected chi connectivity index (χ0v) is 19.0. The molecule has 1 aromatic carbocycles. The van der Waals surface area contributed by atoms with E-state index in [1.165, 1.54) is 16.9 Å². The minimum Gasteiger partial charge on any atom is -0.363 e. The number of benzene rings is 1. The number of hydrogen-bond acceptors (Lipinski definition) is 7. The van der Waals surface area contributed by atoms with Gasteiger partial charge in [-0.3, -0.25) is 4.79 Å². The highest BCUT2D eigenvalue weighted by molar-refractivity contribution is 7.09. The number of anilines is 1. The largest absolute Gasteiger partial charge is 0.363 e. The smallest absolute Gasteiger partial charge is 0.273 e. The molecule has 0 unspecified atom stereocenters. The lowest BCUT2D eigenvalue weighted by atomic mass is 10.2. The molecule has 3 aromatic rings. The Morgan fingerprint density at radius 2 is 1.97 bits per heavy atom. The Balaban J connectivity index is 1.47. The maximum absolute atomic E-state index is 13.0. The van der Waals surface area contributed by atoms with E-state index in [0.717, 1.165) is 48.2 Å². The van der Waals surface area contributed by atoms with Crippen LogP contribution in [0.4, 0.5) is 5.82 Å². The zero-order chi connectivity index (χ0) is 21.8. The van der Waals surface area contributed by atoms with Gasteiger partial charge in [-0.2, -0.15) is 0 Å². The van der Waals surface area contributed by atoms with Gasteiger partial charge in [0.25, 0.3) is 5.91 Å². The summed E-state index contributed by atoms with van der Waals surface area (Å²) in [4.78, 5) is 30.7. The number of rotatable bonds is 7. The summed E-state index contributed by atoms with van der Waals surface area (Å²) in [6, 6.07) is 12.3. The summed E-state index contributed by atoms with van der Waals surface area (Å²) in [5, 5.41) is 6.24. The van der Waals surface area contributed by atoms with Gasteiger partial charge in [0.15, 0.2) is 0 Å². The van der Waals surface area contributed by atoms with E-state index in [-0.39, 0.29) is 11.9 Å². The van der Waals surface area contributed by atoms with Crippen LogP contribution >= 0.6 is 11.3 Å². The van der Waals surface area contributed by atoms with E-state index >= 15 is 0 Å². The van der Waals surface area contributed by atoms with Gasteiger partial charge >= 0.3 is 0 Å².